The van der Waals surface area contributed by atoms with Crippen LogP contribution < -0.4 is 0 Å². The number of rotatable bonds is 5. The maximum Gasteiger partial charge on any atom is 0.451 e. The van der Waals surface area contributed by atoms with Crippen molar-refractivity contribution in [1.29, 1.82) is 0 Å². The van der Waals surface area contributed by atoms with E-state index in [1.54, 1.807) is 0 Å². The van der Waals surface area contributed by atoms with Gasteiger partial charge in [0, 0.05) is 45.4 Å². The van der Waals surface area contributed by atoms with Crippen LogP contribution in [0.1, 0.15) is 12.0 Å². The smallest absolute Gasteiger partial charge is 0.347 e. The molecule has 1 aromatic rings. The molecule has 1 amide bonds. The predicted octanol–water partition coefficient (Wildman–Crippen LogP) is 2.33. The van der Waals surface area contributed by atoms with Crippen LogP contribution in [0.25, 0.3) is 0 Å². The topological polar surface area (TPSA) is 65.3 Å². The Hall–Kier alpha value is -2.92. The lowest BCUT2D eigenvalue weighted by Gasteiger charge is -2.36. The molecule has 29 heavy (non-hydrogen) atoms. The second-order valence-electron chi connectivity index (χ2n) is 6.18. The molecular weight excluding hydrogens is 406 g/mol. The van der Waals surface area contributed by atoms with Gasteiger partial charge in [0.15, 0.2) is 11.6 Å². The number of Topliss-reactive ketones (excluding diaryl/α,β-unsaturated/α-hetero) is 1. The highest BCUT2D eigenvalue weighted by Gasteiger charge is 2.41. The first-order chi connectivity index (χ1) is 13.5. The number of nitrogens with zero attached hydrogens (tertiary/aromatic N) is 4. The van der Waals surface area contributed by atoms with Crippen LogP contribution in [-0.2, 0) is 16.0 Å². The molecule has 2 rings (SSSR count). The summed E-state index contributed by atoms with van der Waals surface area (Å²) in [5.74, 6) is -6.48. The molecule has 0 spiro atoms. The number of halogens is 6. The molecule has 0 unspecified atom stereocenters. The lowest BCUT2D eigenvalue weighted by Crippen LogP contribution is -2.53. The maximum atomic E-state index is 13.6. The molecular formula is C17H16F6N4O2. The average molecular weight is 422 g/mol. The Bertz CT molecular complexity index is 832. The van der Waals surface area contributed by atoms with Crippen LogP contribution >= 0.6 is 0 Å². The van der Waals surface area contributed by atoms with Gasteiger partial charge in [0.25, 0.3) is 0 Å². The van der Waals surface area contributed by atoms with Crippen LogP contribution in [0.3, 0.4) is 0 Å². The molecule has 1 aliphatic heterocycles. The van der Waals surface area contributed by atoms with E-state index in [-0.39, 0.29) is 26.2 Å². The summed E-state index contributed by atoms with van der Waals surface area (Å²) in [5, 5.41) is 5.89. The number of carbonyl (C=O) groups is 2. The predicted molar refractivity (Wildman–Crippen MR) is 90.8 cm³/mol. The van der Waals surface area contributed by atoms with Crippen LogP contribution in [-0.4, -0.2) is 66.4 Å². The van der Waals surface area contributed by atoms with E-state index in [4.69, 9.17) is 0 Å². The molecule has 0 N–H and O–H groups in total. The zero-order chi connectivity index (χ0) is 21.8. The lowest BCUT2D eigenvalue weighted by atomic mass is 10.1. The van der Waals surface area contributed by atoms with Crippen molar-refractivity contribution in [2.45, 2.75) is 19.0 Å². The van der Waals surface area contributed by atoms with Crippen molar-refractivity contribution in [3.05, 3.63) is 35.1 Å². The van der Waals surface area contributed by atoms with Gasteiger partial charge in [0.2, 0.25) is 11.7 Å². The van der Waals surface area contributed by atoms with E-state index in [9.17, 15) is 35.9 Å². The van der Waals surface area contributed by atoms with Crippen LogP contribution in [0.15, 0.2) is 22.3 Å². The molecule has 1 saturated heterocycles. The Labute approximate surface area is 161 Å². The minimum absolute atomic E-state index is 0.0993. The van der Waals surface area contributed by atoms with Crippen molar-refractivity contribution in [3.8, 4) is 0 Å². The molecule has 158 valence electrons. The third-order valence-electron chi connectivity index (χ3n) is 4.18. The SMILES string of the molecule is C=NN=C(N1CCN(C(=O)CC(=O)Cc2cc(F)c(F)cc2F)CC1)C(F)(F)F. The molecule has 1 aromatic carbocycles. The summed E-state index contributed by atoms with van der Waals surface area (Å²) in [4.78, 5) is 26.2. The highest BCUT2D eigenvalue weighted by Crippen LogP contribution is 2.22. The first-order valence-electron chi connectivity index (χ1n) is 8.31. The minimum atomic E-state index is -4.74. The number of hydrogen-bond acceptors (Lipinski definition) is 4. The summed E-state index contributed by atoms with van der Waals surface area (Å²) in [5.41, 5.74) is -0.394. The van der Waals surface area contributed by atoms with Gasteiger partial charge in [-0.15, -0.1) is 5.10 Å². The summed E-state index contributed by atoms with van der Waals surface area (Å²) in [6, 6.07) is 0.842. The fourth-order valence-electron chi connectivity index (χ4n) is 2.79. The molecule has 12 heteroatoms. The van der Waals surface area contributed by atoms with E-state index in [0.717, 1.165) is 4.90 Å². The zero-order valence-electron chi connectivity index (χ0n) is 15.0. The number of alkyl halides is 3. The Balaban J connectivity index is 1.93. The van der Waals surface area contributed by atoms with Crippen LogP contribution in [0, 0.1) is 17.5 Å². The number of piperazine rings is 1. The van der Waals surface area contributed by atoms with E-state index in [1.807, 2.05) is 0 Å². The largest absolute Gasteiger partial charge is 0.451 e. The van der Waals surface area contributed by atoms with E-state index >= 15 is 0 Å². The first-order valence-corrected chi connectivity index (χ1v) is 8.31. The highest BCUT2D eigenvalue weighted by molar-refractivity contribution is 5.99. The highest BCUT2D eigenvalue weighted by atomic mass is 19.4. The van der Waals surface area contributed by atoms with Crippen molar-refractivity contribution >= 4 is 24.2 Å². The monoisotopic (exact) mass is 422 g/mol. The number of ketones is 1. The van der Waals surface area contributed by atoms with Crippen LogP contribution in [0.4, 0.5) is 26.3 Å². The van der Waals surface area contributed by atoms with Crippen molar-refractivity contribution in [3.63, 3.8) is 0 Å². The summed E-state index contributed by atoms with van der Waals surface area (Å²) in [7, 11) is 0. The molecule has 0 atom stereocenters. The molecule has 0 radical (unpaired) electrons. The number of amidine groups is 1. The minimum Gasteiger partial charge on any atom is -0.347 e. The second kappa shape index (κ2) is 9.05. The second-order valence-corrected chi connectivity index (χ2v) is 6.18. The Morgan fingerprint density at radius 3 is 2.07 bits per heavy atom. The van der Waals surface area contributed by atoms with Gasteiger partial charge in [-0.1, -0.05) is 0 Å². The number of carbonyl (C=O) groups excluding carboxylic acids is 2. The normalized spacial score (nSPS) is 15.4. The van der Waals surface area contributed by atoms with Gasteiger partial charge >= 0.3 is 6.18 Å². The summed E-state index contributed by atoms with van der Waals surface area (Å²) < 4.78 is 78.5. The first kappa shape index (κ1) is 22.4. The summed E-state index contributed by atoms with van der Waals surface area (Å²) >= 11 is 0. The molecule has 1 heterocycles. The van der Waals surface area contributed by atoms with Crippen molar-refractivity contribution in [1.82, 2.24) is 9.80 Å². The fraction of sp³-hybridized carbons (Fsp3) is 0.412. The third kappa shape index (κ3) is 5.78. The molecule has 1 aliphatic rings. The summed E-state index contributed by atoms with van der Waals surface area (Å²) in [6.07, 6.45) is -6.00. The van der Waals surface area contributed by atoms with Crippen molar-refractivity contribution < 1.29 is 35.9 Å². The summed E-state index contributed by atoms with van der Waals surface area (Å²) in [6.45, 7) is 2.32. The zero-order valence-corrected chi connectivity index (χ0v) is 15.0. The van der Waals surface area contributed by atoms with Gasteiger partial charge in [-0.25, -0.2) is 13.2 Å². The number of benzene rings is 1. The molecule has 0 aromatic heterocycles. The standard InChI is InChI=1S/C17H16F6N4O2/c1-24-25-16(17(21,22)23)27-4-2-26(3-5-27)15(29)8-11(28)6-10-7-13(19)14(20)9-12(10)18/h7,9H,1-6,8H2. The van der Waals surface area contributed by atoms with Crippen molar-refractivity contribution in [2.75, 3.05) is 26.2 Å². The molecule has 0 bridgehead atoms. The Morgan fingerprint density at radius 2 is 1.52 bits per heavy atom. The fourth-order valence-corrected chi connectivity index (χ4v) is 2.79. The molecule has 0 aliphatic carbocycles. The molecule has 0 saturated carbocycles. The average Bonchev–Trinajstić information content (AvgIpc) is 2.63. The Kier molecular flexibility index (Phi) is 6.98. The van der Waals surface area contributed by atoms with Crippen molar-refractivity contribution in [2.24, 2.45) is 10.2 Å². The van der Waals surface area contributed by atoms with Gasteiger partial charge in [-0.2, -0.15) is 18.3 Å². The molecule has 1 fully saturated rings. The Morgan fingerprint density at radius 1 is 0.966 bits per heavy atom. The number of amides is 1. The molecule has 6 nitrogen and oxygen atoms in total. The van der Waals surface area contributed by atoms with E-state index in [0.29, 0.717) is 12.1 Å². The van der Waals surface area contributed by atoms with Gasteiger partial charge < -0.3 is 9.80 Å². The van der Waals surface area contributed by atoms with Crippen LogP contribution in [0.2, 0.25) is 0 Å². The lowest BCUT2D eigenvalue weighted by molar-refractivity contribution is -0.136. The van der Waals surface area contributed by atoms with Crippen LogP contribution in [0.5, 0.6) is 0 Å². The van der Waals surface area contributed by atoms with Gasteiger partial charge in [0.1, 0.15) is 11.6 Å². The third-order valence-corrected chi connectivity index (χ3v) is 4.18. The maximum absolute atomic E-state index is 13.6. The van der Waals surface area contributed by atoms with Gasteiger partial charge in [0.05, 0.1) is 6.42 Å². The van der Waals surface area contributed by atoms with Gasteiger partial charge in [-0.3, -0.25) is 9.59 Å². The van der Waals surface area contributed by atoms with E-state index in [2.05, 4.69) is 16.9 Å². The van der Waals surface area contributed by atoms with E-state index in [1.165, 1.54) is 4.90 Å². The van der Waals surface area contributed by atoms with E-state index < -0.39 is 59.6 Å². The van der Waals surface area contributed by atoms with Gasteiger partial charge in [-0.05, 0) is 11.6 Å². The quantitative estimate of drug-likeness (QED) is 0.183. The number of hydrogen-bond donors (Lipinski definition) is 0.